The second-order valence-electron chi connectivity index (χ2n) is 8.29. The van der Waals surface area contributed by atoms with Crippen molar-refractivity contribution in [2.75, 3.05) is 19.6 Å². The average Bonchev–Trinajstić information content (AvgIpc) is 3.40. The Hall–Kier alpha value is -3.18. The summed E-state index contributed by atoms with van der Waals surface area (Å²) in [4.78, 5) is 32.5. The van der Waals surface area contributed by atoms with Crippen LogP contribution in [0.5, 0.6) is 0 Å². The summed E-state index contributed by atoms with van der Waals surface area (Å²) in [5.41, 5.74) is 8.28. The van der Waals surface area contributed by atoms with Crippen LogP contribution < -0.4 is 10.7 Å². The van der Waals surface area contributed by atoms with Gasteiger partial charge in [0.15, 0.2) is 0 Å². The van der Waals surface area contributed by atoms with E-state index in [9.17, 15) is 9.59 Å². The zero-order valence-corrected chi connectivity index (χ0v) is 18.4. The highest BCUT2D eigenvalue weighted by Gasteiger charge is 2.42. The van der Waals surface area contributed by atoms with Gasteiger partial charge in [0.2, 0.25) is 5.91 Å². The number of hydrogen-bond donors (Lipinski definition) is 2. The van der Waals surface area contributed by atoms with Gasteiger partial charge >= 0.3 is 5.96 Å². The molecule has 2 aliphatic rings. The number of rotatable bonds is 6. The first-order chi connectivity index (χ1) is 14.9. The van der Waals surface area contributed by atoms with Gasteiger partial charge in [-0.2, -0.15) is 5.26 Å². The Labute approximate surface area is 185 Å². The predicted molar refractivity (Wildman–Crippen MR) is 119 cm³/mol. The zero-order chi connectivity index (χ0) is 22.0. The van der Waals surface area contributed by atoms with E-state index in [1.165, 1.54) is 0 Å². The van der Waals surface area contributed by atoms with Crippen LogP contribution in [-0.4, -0.2) is 47.2 Å². The minimum absolute atomic E-state index is 0.0204. The highest BCUT2D eigenvalue weighted by molar-refractivity contribution is 7.10. The van der Waals surface area contributed by atoms with E-state index in [1.807, 2.05) is 35.4 Å². The molecule has 1 saturated heterocycles. The van der Waals surface area contributed by atoms with E-state index < -0.39 is 5.54 Å². The molecule has 1 aromatic carbocycles. The molecule has 2 aromatic rings. The van der Waals surface area contributed by atoms with Crippen LogP contribution in [0.2, 0.25) is 0 Å². The summed E-state index contributed by atoms with van der Waals surface area (Å²) in [6.45, 7) is 3.94. The molecule has 1 fully saturated rings. The largest absolute Gasteiger partial charge is 0.351 e. The number of nitrogens with two attached hydrogens (primary N) is 1. The summed E-state index contributed by atoms with van der Waals surface area (Å²) in [5.74, 6) is 0.530. The fourth-order valence-corrected chi connectivity index (χ4v) is 5.26. The minimum atomic E-state index is -0.585. The molecule has 1 aromatic heterocycles. The maximum absolute atomic E-state index is 12.9. The molecule has 0 radical (unpaired) electrons. The second kappa shape index (κ2) is 8.52. The fraction of sp³-hybridized carbons (Fsp3) is 0.391. The topological polar surface area (TPSA) is 104 Å². The Morgan fingerprint density at radius 2 is 2.06 bits per heavy atom. The Bertz CT molecular complexity index is 1090. The van der Waals surface area contributed by atoms with Crippen LogP contribution in [0.15, 0.2) is 35.7 Å². The fourth-order valence-electron chi connectivity index (χ4n) is 4.23. The summed E-state index contributed by atoms with van der Waals surface area (Å²) >= 11 is 1.57. The zero-order valence-electron chi connectivity index (χ0n) is 17.6. The van der Waals surface area contributed by atoms with Crippen molar-refractivity contribution in [3.8, 4) is 17.2 Å². The average molecular weight is 437 g/mol. The maximum Gasteiger partial charge on any atom is 0.351 e. The van der Waals surface area contributed by atoms with Crippen molar-refractivity contribution < 1.29 is 14.6 Å². The molecular formula is C23H26N5O2S+. The molecule has 7 nitrogen and oxygen atoms in total. The van der Waals surface area contributed by atoms with Crippen LogP contribution in [0.25, 0.3) is 11.1 Å². The van der Waals surface area contributed by atoms with E-state index in [-0.39, 0.29) is 11.8 Å². The molecule has 160 valence electrons. The van der Waals surface area contributed by atoms with Gasteiger partial charge in [0.05, 0.1) is 24.6 Å². The molecule has 1 atom stereocenters. The standard InChI is InChI=1S/C23H25N5O2S/c1-23(19-12-18(15-31-19)17-6-2-5-16(11-17)14-24)13-21(30)28(22(25)26-23)10-4-9-27-8-3-7-20(27)29/h2,5-6,11-12,15H,3-4,7-10,13H2,1H3,(H2,25,26)/p+1/t23-/m0/s1. The lowest BCUT2D eigenvalue weighted by molar-refractivity contribution is -0.566. The van der Waals surface area contributed by atoms with Crippen molar-refractivity contribution in [1.82, 2.24) is 9.80 Å². The van der Waals surface area contributed by atoms with Gasteiger partial charge in [0.1, 0.15) is 5.54 Å². The molecular weight excluding hydrogens is 410 g/mol. The lowest BCUT2D eigenvalue weighted by Crippen LogP contribution is -2.91. The molecule has 31 heavy (non-hydrogen) atoms. The van der Waals surface area contributed by atoms with Crippen LogP contribution in [0.4, 0.5) is 0 Å². The van der Waals surface area contributed by atoms with E-state index in [0.717, 1.165) is 29.0 Å². The maximum atomic E-state index is 12.9. The van der Waals surface area contributed by atoms with Gasteiger partial charge in [-0.05, 0) is 54.5 Å². The molecule has 0 spiro atoms. The Morgan fingerprint density at radius 1 is 1.23 bits per heavy atom. The summed E-state index contributed by atoms with van der Waals surface area (Å²) < 4.78 is 0. The van der Waals surface area contributed by atoms with Gasteiger partial charge in [-0.15, -0.1) is 11.3 Å². The quantitative estimate of drug-likeness (QED) is 0.709. The third kappa shape index (κ3) is 4.32. The highest BCUT2D eigenvalue weighted by atomic mass is 32.1. The molecule has 2 aliphatic heterocycles. The molecule has 4 rings (SSSR count). The number of carbonyl (C=O) groups is 2. The third-order valence-electron chi connectivity index (χ3n) is 5.95. The number of thiophene rings is 1. The SMILES string of the molecule is C[C@@]1(c2cc(-c3cccc(C#N)c3)cs2)CC(=O)N(CCCN2CCCC2=O)C(N)=[NH+]1. The van der Waals surface area contributed by atoms with Crippen molar-refractivity contribution in [3.63, 3.8) is 0 Å². The number of amides is 2. The number of nitrogens with one attached hydrogen (secondary N) is 1. The van der Waals surface area contributed by atoms with Crippen LogP contribution in [0.3, 0.4) is 0 Å². The smallest absolute Gasteiger partial charge is 0.343 e. The molecule has 3 heterocycles. The van der Waals surface area contributed by atoms with Gasteiger partial charge in [-0.1, -0.05) is 12.1 Å². The third-order valence-corrected chi connectivity index (χ3v) is 7.14. The first-order valence-corrected chi connectivity index (χ1v) is 11.4. The van der Waals surface area contributed by atoms with Crippen molar-refractivity contribution >= 4 is 29.1 Å². The monoisotopic (exact) mass is 436 g/mol. The van der Waals surface area contributed by atoms with Crippen molar-refractivity contribution in [2.45, 2.75) is 38.1 Å². The number of nitrogens with zero attached hydrogens (tertiary/aromatic N) is 3. The second-order valence-corrected chi connectivity index (χ2v) is 9.21. The first kappa shape index (κ1) is 21.1. The Balaban J connectivity index is 1.47. The molecule has 0 unspecified atom stereocenters. The minimum Gasteiger partial charge on any atom is -0.343 e. The van der Waals surface area contributed by atoms with Crippen LogP contribution in [0, 0.1) is 11.3 Å². The van der Waals surface area contributed by atoms with E-state index in [0.29, 0.717) is 43.9 Å². The lowest BCUT2D eigenvalue weighted by Gasteiger charge is -2.30. The number of nitriles is 1. The van der Waals surface area contributed by atoms with Crippen molar-refractivity contribution in [2.24, 2.45) is 5.73 Å². The van der Waals surface area contributed by atoms with Crippen molar-refractivity contribution in [3.05, 3.63) is 46.2 Å². The summed E-state index contributed by atoms with van der Waals surface area (Å²) in [6.07, 6.45) is 2.54. The van der Waals surface area contributed by atoms with E-state index in [1.54, 1.807) is 22.3 Å². The van der Waals surface area contributed by atoms with Gasteiger partial charge in [-0.25, -0.2) is 4.90 Å². The number of benzene rings is 1. The molecule has 8 heteroatoms. The first-order valence-electron chi connectivity index (χ1n) is 10.5. The van der Waals surface area contributed by atoms with Crippen molar-refractivity contribution in [1.29, 1.82) is 5.26 Å². The molecule has 0 saturated carbocycles. The molecule has 0 bridgehead atoms. The van der Waals surface area contributed by atoms with E-state index >= 15 is 0 Å². The number of carbonyl (C=O) groups excluding carboxylic acids is 2. The lowest BCUT2D eigenvalue weighted by atomic mass is 9.93. The summed E-state index contributed by atoms with van der Waals surface area (Å²) in [5, 5.41) is 11.2. The molecule has 0 aliphatic carbocycles. The number of likely N-dealkylation sites (tertiary alicyclic amines) is 1. The number of hydrogen-bond acceptors (Lipinski definition) is 5. The number of guanidine groups is 1. The molecule has 2 amide bonds. The van der Waals surface area contributed by atoms with Crippen LogP contribution >= 0.6 is 11.3 Å². The predicted octanol–water partition coefficient (Wildman–Crippen LogP) is 1.14. The van der Waals surface area contributed by atoms with Gasteiger partial charge in [0.25, 0.3) is 5.91 Å². The highest BCUT2D eigenvalue weighted by Crippen LogP contribution is 2.33. The summed E-state index contributed by atoms with van der Waals surface area (Å²) in [7, 11) is 0. The summed E-state index contributed by atoms with van der Waals surface area (Å²) in [6, 6.07) is 11.7. The Morgan fingerprint density at radius 3 is 2.77 bits per heavy atom. The van der Waals surface area contributed by atoms with E-state index in [4.69, 9.17) is 11.0 Å². The molecule has 3 N–H and O–H groups in total. The van der Waals surface area contributed by atoms with Gasteiger partial charge in [0, 0.05) is 24.4 Å². The van der Waals surface area contributed by atoms with Crippen LogP contribution in [-0.2, 0) is 15.1 Å². The van der Waals surface area contributed by atoms with E-state index in [2.05, 4.69) is 17.1 Å². The van der Waals surface area contributed by atoms with Crippen LogP contribution in [0.1, 0.15) is 43.0 Å². The Kier molecular flexibility index (Phi) is 5.79. The van der Waals surface area contributed by atoms with Gasteiger partial charge < -0.3 is 4.90 Å². The normalized spacial score (nSPS) is 21.4. The van der Waals surface area contributed by atoms with Gasteiger partial charge in [-0.3, -0.25) is 20.3 Å².